The highest BCUT2D eigenvalue weighted by atomic mass is 16.5. The van der Waals surface area contributed by atoms with E-state index in [0.29, 0.717) is 17.9 Å². The Kier molecular flexibility index (Phi) is 4.56. The van der Waals surface area contributed by atoms with Crippen LogP contribution in [0.3, 0.4) is 0 Å². The Labute approximate surface area is 140 Å². The van der Waals surface area contributed by atoms with Crippen molar-refractivity contribution in [2.45, 2.75) is 13.5 Å². The second kappa shape index (κ2) is 6.95. The number of nitrogens with zero attached hydrogens (tertiary/aromatic N) is 3. The monoisotopic (exact) mass is 322 g/mol. The first-order chi connectivity index (χ1) is 11.7. The van der Waals surface area contributed by atoms with Gasteiger partial charge in [-0.1, -0.05) is 41.6 Å². The molecule has 0 atom stereocenters. The lowest BCUT2D eigenvalue weighted by Gasteiger charge is -2.09. The third-order valence-electron chi connectivity index (χ3n) is 3.74. The first-order valence-electron chi connectivity index (χ1n) is 7.57. The lowest BCUT2D eigenvalue weighted by atomic mass is 10.2. The molecule has 0 saturated carbocycles. The fourth-order valence-electron chi connectivity index (χ4n) is 2.43. The van der Waals surface area contributed by atoms with Gasteiger partial charge in [-0.05, 0) is 25.1 Å². The van der Waals surface area contributed by atoms with Gasteiger partial charge in [-0.15, -0.1) is 5.10 Å². The van der Waals surface area contributed by atoms with Crippen LogP contribution in [-0.2, 0) is 6.54 Å². The molecule has 0 fully saturated rings. The number of para-hydroxylation sites is 2. The summed E-state index contributed by atoms with van der Waals surface area (Å²) >= 11 is 0. The second-order valence-corrected chi connectivity index (χ2v) is 5.31. The lowest BCUT2D eigenvalue weighted by Crippen LogP contribution is -2.14. The van der Waals surface area contributed by atoms with Gasteiger partial charge in [-0.25, -0.2) is 4.68 Å². The summed E-state index contributed by atoms with van der Waals surface area (Å²) < 4.78 is 7.04. The van der Waals surface area contributed by atoms with Crippen molar-refractivity contribution in [3.8, 4) is 5.75 Å². The van der Waals surface area contributed by atoms with Crippen LogP contribution in [0, 0.1) is 6.92 Å². The van der Waals surface area contributed by atoms with E-state index in [1.165, 1.54) is 0 Å². The molecule has 24 heavy (non-hydrogen) atoms. The quantitative estimate of drug-likeness (QED) is 0.784. The molecule has 0 aliphatic carbocycles. The molecule has 2 aromatic carbocycles. The maximum absolute atomic E-state index is 12.4. The van der Waals surface area contributed by atoms with Gasteiger partial charge in [0.15, 0.2) is 5.69 Å². The Balaban J connectivity index is 1.80. The predicted octanol–water partition coefficient (Wildman–Crippen LogP) is 2.90. The summed E-state index contributed by atoms with van der Waals surface area (Å²) in [6.45, 7) is 2.32. The number of benzene rings is 2. The topological polar surface area (TPSA) is 69.0 Å². The van der Waals surface area contributed by atoms with Gasteiger partial charge in [0.1, 0.15) is 5.75 Å². The molecule has 0 bridgehead atoms. The van der Waals surface area contributed by atoms with E-state index in [2.05, 4.69) is 15.6 Å². The van der Waals surface area contributed by atoms with Crippen LogP contribution in [0.5, 0.6) is 5.75 Å². The van der Waals surface area contributed by atoms with E-state index >= 15 is 0 Å². The van der Waals surface area contributed by atoms with Gasteiger partial charge < -0.3 is 10.1 Å². The molecule has 0 radical (unpaired) electrons. The molecule has 122 valence electrons. The van der Waals surface area contributed by atoms with Crippen LogP contribution in [0.1, 0.15) is 21.7 Å². The normalized spacial score (nSPS) is 10.4. The van der Waals surface area contributed by atoms with Crippen molar-refractivity contribution < 1.29 is 9.53 Å². The number of carbonyl (C=O) groups is 1. The molecule has 1 amide bonds. The zero-order valence-electron chi connectivity index (χ0n) is 13.6. The zero-order chi connectivity index (χ0) is 16.9. The summed E-state index contributed by atoms with van der Waals surface area (Å²) in [6, 6.07) is 17.0. The summed E-state index contributed by atoms with van der Waals surface area (Å²) in [4.78, 5) is 12.4. The molecular formula is C18H18N4O2. The third kappa shape index (κ3) is 3.27. The highest BCUT2D eigenvalue weighted by Gasteiger charge is 2.17. The SMILES string of the molecule is COc1ccccc1Cn1nnc(C(=O)Nc2ccccc2)c1C. The van der Waals surface area contributed by atoms with Crippen LogP contribution in [0.2, 0.25) is 0 Å². The highest BCUT2D eigenvalue weighted by molar-refractivity contribution is 6.03. The maximum Gasteiger partial charge on any atom is 0.278 e. The smallest absolute Gasteiger partial charge is 0.278 e. The van der Waals surface area contributed by atoms with E-state index in [-0.39, 0.29) is 5.91 Å². The largest absolute Gasteiger partial charge is 0.496 e. The van der Waals surface area contributed by atoms with Crippen molar-refractivity contribution in [3.63, 3.8) is 0 Å². The van der Waals surface area contributed by atoms with Crippen molar-refractivity contribution in [2.24, 2.45) is 0 Å². The Hall–Kier alpha value is -3.15. The van der Waals surface area contributed by atoms with E-state index in [4.69, 9.17) is 4.74 Å². The molecular weight excluding hydrogens is 304 g/mol. The summed E-state index contributed by atoms with van der Waals surface area (Å²) in [7, 11) is 1.63. The molecule has 0 unspecified atom stereocenters. The number of hydrogen-bond donors (Lipinski definition) is 1. The van der Waals surface area contributed by atoms with Gasteiger partial charge in [0.25, 0.3) is 5.91 Å². The van der Waals surface area contributed by atoms with Gasteiger partial charge in [0, 0.05) is 11.3 Å². The first kappa shape index (κ1) is 15.7. The number of methoxy groups -OCH3 is 1. The highest BCUT2D eigenvalue weighted by Crippen LogP contribution is 2.19. The summed E-state index contributed by atoms with van der Waals surface area (Å²) in [6.07, 6.45) is 0. The molecule has 6 nitrogen and oxygen atoms in total. The number of amides is 1. The van der Waals surface area contributed by atoms with Crippen molar-refractivity contribution >= 4 is 11.6 Å². The molecule has 1 aromatic heterocycles. The maximum atomic E-state index is 12.4. The minimum absolute atomic E-state index is 0.273. The second-order valence-electron chi connectivity index (χ2n) is 5.31. The van der Waals surface area contributed by atoms with Crippen LogP contribution in [0.15, 0.2) is 54.6 Å². The summed E-state index contributed by atoms with van der Waals surface area (Å²) in [5, 5.41) is 10.9. The minimum Gasteiger partial charge on any atom is -0.496 e. The van der Waals surface area contributed by atoms with Gasteiger partial charge in [-0.2, -0.15) is 0 Å². The van der Waals surface area contributed by atoms with E-state index in [1.807, 2.05) is 61.5 Å². The zero-order valence-corrected chi connectivity index (χ0v) is 13.6. The standard InChI is InChI=1S/C18H18N4O2/c1-13-17(18(23)19-15-9-4-3-5-10-15)20-21-22(13)12-14-8-6-7-11-16(14)24-2/h3-11H,12H2,1-2H3,(H,19,23). The van der Waals surface area contributed by atoms with Gasteiger partial charge in [0.2, 0.25) is 0 Å². The number of rotatable bonds is 5. The number of hydrogen-bond acceptors (Lipinski definition) is 4. The number of ether oxygens (including phenoxy) is 1. The number of aromatic nitrogens is 3. The lowest BCUT2D eigenvalue weighted by molar-refractivity contribution is 0.102. The molecule has 0 saturated heterocycles. The number of carbonyl (C=O) groups excluding carboxylic acids is 1. The first-order valence-corrected chi connectivity index (χ1v) is 7.57. The summed E-state index contributed by atoms with van der Waals surface area (Å²) in [5.41, 5.74) is 2.72. The van der Waals surface area contributed by atoms with Crippen molar-refractivity contribution in [1.82, 2.24) is 15.0 Å². The number of anilines is 1. The van der Waals surface area contributed by atoms with Crippen LogP contribution >= 0.6 is 0 Å². The molecule has 1 N–H and O–H groups in total. The third-order valence-corrected chi connectivity index (χ3v) is 3.74. The van der Waals surface area contributed by atoms with Crippen molar-refractivity contribution in [2.75, 3.05) is 12.4 Å². The molecule has 3 aromatic rings. The number of nitrogens with one attached hydrogen (secondary N) is 1. The Morgan fingerprint density at radius 2 is 1.83 bits per heavy atom. The van der Waals surface area contributed by atoms with E-state index < -0.39 is 0 Å². The summed E-state index contributed by atoms with van der Waals surface area (Å²) in [5.74, 6) is 0.507. The molecule has 0 spiro atoms. The molecule has 6 heteroatoms. The molecule has 3 rings (SSSR count). The molecule has 0 aliphatic heterocycles. The fraction of sp³-hybridized carbons (Fsp3) is 0.167. The Morgan fingerprint density at radius 1 is 1.12 bits per heavy atom. The van der Waals surface area contributed by atoms with Gasteiger partial charge >= 0.3 is 0 Å². The van der Waals surface area contributed by atoms with Crippen LogP contribution in [0.4, 0.5) is 5.69 Å². The van der Waals surface area contributed by atoms with Crippen molar-refractivity contribution in [1.29, 1.82) is 0 Å². The van der Waals surface area contributed by atoms with Crippen LogP contribution < -0.4 is 10.1 Å². The van der Waals surface area contributed by atoms with Crippen molar-refractivity contribution in [3.05, 3.63) is 71.5 Å². The average Bonchev–Trinajstić information content (AvgIpc) is 2.97. The Bertz CT molecular complexity index is 843. The average molecular weight is 322 g/mol. The predicted molar refractivity (Wildman–Crippen MR) is 91.3 cm³/mol. The minimum atomic E-state index is -0.273. The fourth-order valence-corrected chi connectivity index (χ4v) is 2.43. The van der Waals surface area contributed by atoms with Crippen LogP contribution in [0.25, 0.3) is 0 Å². The van der Waals surface area contributed by atoms with E-state index in [9.17, 15) is 4.79 Å². The molecule has 0 aliphatic rings. The van der Waals surface area contributed by atoms with Gasteiger partial charge in [0.05, 0.1) is 19.3 Å². The molecule has 1 heterocycles. The van der Waals surface area contributed by atoms with E-state index in [0.717, 1.165) is 17.0 Å². The Morgan fingerprint density at radius 3 is 2.58 bits per heavy atom. The van der Waals surface area contributed by atoms with E-state index in [1.54, 1.807) is 11.8 Å². The van der Waals surface area contributed by atoms with Gasteiger partial charge in [-0.3, -0.25) is 4.79 Å². The van der Waals surface area contributed by atoms with Crippen LogP contribution in [-0.4, -0.2) is 28.0 Å².